The van der Waals surface area contributed by atoms with E-state index in [1.165, 1.54) is 30.3 Å². The van der Waals surface area contributed by atoms with Gasteiger partial charge in [-0.25, -0.2) is 4.79 Å². The lowest BCUT2D eigenvalue weighted by atomic mass is 10.1. The monoisotopic (exact) mass is 259 g/mol. The zero-order chi connectivity index (χ0) is 14.0. The lowest BCUT2D eigenvalue weighted by Gasteiger charge is -2.06. The number of benzene rings is 1. The number of nitrogens with one attached hydrogen (secondary N) is 1. The summed E-state index contributed by atoms with van der Waals surface area (Å²) in [5.74, 6) is -1.65. The average Bonchev–Trinajstić information content (AvgIpc) is 2.64. The molecule has 1 N–H and O–H groups in total. The first-order valence-electron chi connectivity index (χ1n) is 5.69. The van der Waals surface area contributed by atoms with E-state index in [2.05, 4.69) is 5.32 Å². The number of urea groups is 1. The number of carbonyl (C=O) groups excluding carboxylic acids is 3. The number of nitrogens with zero attached hydrogens (tertiary/aromatic N) is 1. The van der Waals surface area contributed by atoms with Gasteiger partial charge in [-0.1, -0.05) is 24.3 Å². The van der Waals surface area contributed by atoms with Crippen molar-refractivity contribution in [3.05, 3.63) is 41.1 Å². The van der Waals surface area contributed by atoms with Crippen LogP contribution in [-0.2, 0) is 4.79 Å². The minimum atomic E-state index is -1.26. The number of aromatic carboxylic acids is 1. The van der Waals surface area contributed by atoms with Crippen LogP contribution in [0.25, 0.3) is 6.08 Å². The third-order valence-electron chi connectivity index (χ3n) is 2.74. The molecular formula is C13H11N2O4-. The second-order valence-electron chi connectivity index (χ2n) is 3.95. The minimum Gasteiger partial charge on any atom is -0.545 e. The van der Waals surface area contributed by atoms with Crippen LogP contribution in [-0.4, -0.2) is 29.4 Å². The molecule has 6 nitrogen and oxygen atoms in total. The standard InChI is InChI=1S/C13H12N2O4/c1-2-15-11(16)10(14-13(15)19)7-8-3-5-9(6-4-8)12(17)18/h3-7H,2H2,1H3,(H,14,19)(H,17,18)/p-1/b10-7+. The number of imide groups is 1. The molecular weight excluding hydrogens is 248 g/mol. The van der Waals surface area contributed by atoms with Crippen LogP contribution in [0, 0.1) is 0 Å². The predicted molar refractivity (Wildman–Crippen MR) is 64.7 cm³/mol. The molecule has 0 radical (unpaired) electrons. The van der Waals surface area contributed by atoms with Crippen molar-refractivity contribution in [2.24, 2.45) is 0 Å². The number of carbonyl (C=O) groups is 3. The number of carboxylic acids is 1. The molecule has 1 heterocycles. The van der Waals surface area contributed by atoms with Gasteiger partial charge in [0.1, 0.15) is 5.70 Å². The van der Waals surface area contributed by atoms with Crippen molar-refractivity contribution in [3.63, 3.8) is 0 Å². The van der Waals surface area contributed by atoms with Crippen molar-refractivity contribution >= 4 is 24.0 Å². The highest BCUT2D eigenvalue weighted by atomic mass is 16.4. The van der Waals surface area contributed by atoms with E-state index in [1.54, 1.807) is 6.92 Å². The fraction of sp³-hybridized carbons (Fsp3) is 0.154. The van der Waals surface area contributed by atoms with E-state index in [1.807, 2.05) is 0 Å². The second-order valence-corrected chi connectivity index (χ2v) is 3.95. The lowest BCUT2D eigenvalue weighted by Crippen LogP contribution is -2.30. The quantitative estimate of drug-likeness (QED) is 0.609. The Morgan fingerprint density at radius 1 is 1.32 bits per heavy atom. The summed E-state index contributed by atoms with van der Waals surface area (Å²) in [6.07, 6.45) is 1.49. The van der Waals surface area contributed by atoms with Crippen LogP contribution in [0.1, 0.15) is 22.8 Å². The molecule has 19 heavy (non-hydrogen) atoms. The molecule has 0 unspecified atom stereocenters. The van der Waals surface area contributed by atoms with E-state index in [9.17, 15) is 19.5 Å². The smallest absolute Gasteiger partial charge is 0.328 e. The minimum absolute atomic E-state index is 0.0547. The molecule has 1 aliphatic heterocycles. The van der Waals surface area contributed by atoms with E-state index >= 15 is 0 Å². The molecule has 1 aliphatic rings. The first-order chi connectivity index (χ1) is 9.02. The normalized spacial score (nSPS) is 16.9. The van der Waals surface area contributed by atoms with Crippen molar-refractivity contribution in [3.8, 4) is 0 Å². The number of amides is 3. The highest BCUT2D eigenvalue weighted by Crippen LogP contribution is 2.14. The molecule has 1 aromatic carbocycles. The van der Waals surface area contributed by atoms with Gasteiger partial charge in [0.25, 0.3) is 5.91 Å². The fourth-order valence-corrected chi connectivity index (χ4v) is 1.74. The number of hydrogen-bond acceptors (Lipinski definition) is 4. The summed E-state index contributed by atoms with van der Waals surface area (Å²) in [6, 6.07) is 5.37. The second kappa shape index (κ2) is 4.93. The van der Waals surface area contributed by atoms with Crippen LogP contribution in [0.5, 0.6) is 0 Å². The van der Waals surface area contributed by atoms with Gasteiger partial charge in [0, 0.05) is 6.54 Å². The highest BCUT2D eigenvalue weighted by molar-refractivity contribution is 6.13. The lowest BCUT2D eigenvalue weighted by molar-refractivity contribution is -0.255. The molecule has 0 bridgehead atoms. The topological polar surface area (TPSA) is 89.5 Å². The van der Waals surface area contributed by atoms with Crippen molar-refractivity contribution in [1.29, 1.82) is 0 Å². The van der Waals surface area contributed by atoms with Gasteiger partial charge < -0.3 is 15.2 Å². The number of likely N-dealkylation sites (N-methyl/N-ethyl adjacent to an activating group) is 1. The zero-order valence-corrected chi connectivity index (χ0v) is 10.2. The summed E-state index contributed by atoms with van der Waals surface area (Å²) in [6.45, 7) is 2.00. The Bertz CT molecular complexity index is 575. The molecule has 1 saturated heterocycles. The Morgan fingerprint density at radius 3 is 2.42 bits per heavy atom. The van der Waals surface area contributed by atoms with Crippen LogP contribution in [0.15, 0.2) is 30.0 Å². The van der Waals surface area contributed by atoms with Crippen molar-refractivity contribution < 1.29 is 19.5 Å². The Hall–Kier alpha value is -2.63. The Kier molecular flexibility index (Phi) is 3.33. The Balaban J connectivity index is 2.25. The molecule has 0 aliphatic carbocycles. The van der Waals surface area contributed by atoms with Gasteiger partial charge in [-0.3, -0.25) is 9.69 Å². The molecule has 3 amide bonds. The number of rotatable bonds is 3. The van der Waals surface area contributed by atoms with Crippen LogP contribution in [0.3, 0.4) is 0 Å². The van der Waals surface area contributed by atoms with Gasteiger partial charge in [-0.2, -0.15) is 0 Å². The van der Waals surface area contributed by atoms with Crippen LogP contribution in [0.4, 0.5) is 4.79 Å². The summed E-state index contributed by atoms with van der Waals surface area (Å²) in [5, 5.41) is 13.0. The third-order valence-corrected chi connectivity index (χ3v) is 2.74. The average molecular weight is 259 g/mol. The molecule has 0 atom stereocenters. The van der Waals surface area contributed by atoms with E-state index in [-0.39, 0.29) is 11.3 Å². The van der Waals surface area contributed by atoms with E-state index < -0.39 is 17.9 Å². The molecule has 0 saturated carbocycles. The zero-order valence-electron chi connectivity index (χ0n) is 10.2. The molecule has 0 spiro atoms. The van der Waals surface area contributed by atoms with Gasteiger partial charge in [0.15, 0.2) is 0 Å². The number of carboxylic acid groups (broad SMARTS) is 1. The van der Waals surface area contributed by atoms with Crippen LogP contribution >= 0.6 is 0 Å². The summed E-state index contributed by atoms with van der Waals surface area (Å²) < 4.78 is 0. The van der Waals surface area contributed by atoms with Gasteiger partial charge in [0.05, 0.1) is 5.97 Å². The van der Waals surface area contributed by atoms with E-state index in [0.717, 1.165) is 4.90 Å². The summed E-state index contributed by atoms with van der Waals surface area (Å²) in [7, 11) is 0. The molecule has 1 aromatic rings. The van der Waals surface area contributed by atoms with Crippen molar-refractivity contribution in [1.82, 2.24) is 10.2 Å². The molecule has 98 valence electrons. The van der Waals surface area contributed by atoms with Gasteiger partial charge in [-0.05, 0) is 24.1 Å². The van der Waals surface area contributed by atoms with Gasteiger partial charge >= 0.3 is 6.03 Å². The maximum Gasteiger partial charge on any atom is 0.328 e. The largest absolute Gasteiger partial charge is 0.545 e. The molecule has 0 aromatic heterocycles. The Labute approximate surface area is 109 Å². The molecule has 6 heteroatoms. The first kappa shape index (κ1) is 12.8. The Morgan fingerprint density at radius 2 is 1.95 bits per heavy atom. The summed E-state index contributed by atoms with van der Waals surface area (Å²) in [5.41, 5.74) is 0.846. The molecule has 1 fully saturated rings. The van der Waals surface area contributed by atoms with Gasteiger partial charge in [-0.15, -0.1) is 0 Å². The van der Waals surface area contributed by atoms with Gasteiger partial charge in [0.2, 0.25) is 0 Å². The molecule has 2 rings (SSSR count). The van der Waals surface area contributed by atoms with Crippen molar-refractivity contribution in [2.45, 2.75) is 6.92 Å². The maximum atomic E-state index is 11.8. The SMILES string of the molecule is CCN1C(=O)N/C(=C/c2ccc(C(=O)[O-])cc2)C1=O. The maximum absolute atomic E-state index is 11.8. The van der Waals surface area contributed by atoms with Crippen LogP contribution < -0.4 is 10.4 Å². The third kappa shape index (κ3) is 2.47. The van der Waals surface area contributed by atoms with Crippen molar-refractivity contribution in [2.75, 3.05) is 6.54 Å². The first-order valence-corrected chi connectivity index (χ1v) is 5.69. The predicted octanol–water partition coefficient (Wildman–Crippen LogP) is -0.0373. The van der Waals surface area contributed by atoms with E-state index in [0.29, 0.717) is 12.1 Å². The summed E-state index contributed by atoms with van der Waals surface area (Å²) >= 11 is 0. The summed E-state index contributed by atoms with van der Waals surface area (Å²) in [4.78, 5) is 34.9. The van der Waals surface area contributed by atoms with E-state index in [4.69, 9.17) is 0 Å². The highest BCUT2D eigenvalue weighted by Gasteiger charge is 2.31. The fourth-order valence-electron chi connectivity index (χ4n) is 1.74. The van der Waals surface area contributed by atoms with Crippen LogP contribution in [0.2, 0.25) is 0 Å². The number of hydrogen-bond donors (Lipinski definition) is 1.